The first-order valence-electron chi connectivity index (χ1n) is 8.20. The molecule has 122 valence electrons. The largest absolute Gasteiger partial charge is 0.355 e. The summed E-state index contributed by atoms with van der Waals surface area (Å²) in [4.78, 5) is 6.81. The van der Waals surface area contributed by atoms with Crippen molar-refractivity contribution in [3.05, 3.63) is 0 Å². The lowest BCUT2D eigenvalue weighted by atomic mass is 9.86. The van der Waals surface area contributed by atoms with Crippen LogP contribution in [0.5, 0.6) is 0 Å². The third-order valence-electron chi connectivity index (χ3n) is 4.87. The molecule has 0 aromatic rings. The van der Waals surface area contributed by atoms with Gasteiger partial charge < -0.3 is 10.2 Å². The van der Waals surface area contributed by atoms with Crippen LogP contribution >= 0.6 is 0 Å². The van der Waals surface area contributed by atoms with E-state index in [1.54, 1.807) is 0 Å². The zero-order chi connectivity index (χ0) is 15.5. The lowest BCUT2D eigenvalue weighted by molar-refractivity contribution is 0.309. The van der Waals surface area contributed by atoms with Crippen LogP contribution in [0.25, 0.3) is 0 Å². The highest BCUT2D eigenvalue weighted by atomic mass is 32.2. The van der Waals surface area contributed by atoms with Gasteiger partial charge in [0.15, 0.2) is 5.96 Å². The number of guanidine groups is 1. The summed E-state index contributed by atoms with van der Waals surface area (Å²) in [6.45, 7) is 9.09. The Labute approximate surface area is 132 Å². The highest BCUT2D eigenvalue weighted by molar-refractivity contribution is 7.86. The van der Waals surface area contributed by atoms with Gasteiger partial charge in [-0.05, 0) is 45.4 Å². The van der Waals surface area contributed by atoms with Crippen LogP contribution in [0.4, 0.5) is 0 Å². The van der Waals surface area contributed by atoms with Gasteiger partial charge in [0.25, 0.3) is 0 Å². The van der Waals surface area contributed by atoms with Gasteiger partial charge in [0, 0.05) is 48.0 Å². The van der Waals surface area contributed by atoms with Crippen molar-refractivity contribution in [1.82, 2.24) is 10.2 Å². The van der Waals surface area contributed by atoms with E-state index in [0.29, 0.717) is 11.2 Å². The van der Waals surface area contributed by atoms with E-state index in [-0.39, 0.29) is 4.75 Å². The molecule has 0 bridgehead atoms. The summed E-state index contributed by atoms with van der Waals surface area (Å²) in [5.74, 6) is 1.67. The molecule has 0 amide bonds. The highest BCUT2D eigenvalue weighted by Crippen LogP contribution is 2.45. The first-order chi connectivity index (χ1) is 9.86. The van der Waals surface area contributed by atoms with E-state index >= 15 is 0 Å². The number of likely N-dealkylation sites (tertiary alicyclic amines) is 1. The molecule has 0 radical (unpaired) electrons. The Morgan fingerprint density at radius 1 is 1.29 bits per heavy atom. The van der Waals surface area contributed by atoms with Crippen molar-refractivity contribution in [3.8, 4) is 0 Å². The quantitative estimate of drug-likeness (QED) is 0.643. The van der Waals surface area contributed by atoms with Crippen LogP contribution in [-0.4, -0.2) is 52.3 Å². The van der Waals surface area contributed by atoms with Gasteiger partial charge in [-0.1, -0.05) is 12.8 Å². The minimum Gasteiger partial charge on any atom is -0.355 e. The van der Waals surface area contributed by atoms with Crippen LogP contribution in [0.2, 0.25) is 0 Å². The summed E-state index contributed by atoms with van der Waals surface area (Å²) in [5, 5.41) is 3.40. The molecule has 2 fully saturated rings. The molecule has 1 N–H and O–H groups in total. The minimum absolute atomic E-state index is 0.132. The van der Waals surface area contributed by atoms with Crippen LogP contribution in [0.15, 0.2) is 4.99 Å². The molecule has 1 saturated carbocycles. The van der Waals surface area contributed by atoms with Gasteiger partial charge in [-0.15, -0.1) is 0 Å². The van der Waals surface area contributed by atoms with Gasteiger partial charge in [-0.3, -0.25) is 9.20 Å². The Balaban J connectivity index is 1.81. The Morgan fingerprint density at radius 2 is 1.95 bits per heavy atom. The number of aliphatic imine (C=N–C) groups is 1. The molecule has 1 aliphatic carbocycles. The van der Waals surface area contributed by atoms with E-state index in [2.05, 4.69) is 15.2 Å². The average Bonchev–Trinajstić information content (AvgIpc) is 3.04. The average molecular weight is 314 g/mol. The molecule has 2 aliphatic rings. The van der Waals surface area contributed by atoms with Crippen molar-refractivity contribution in [2.45, 2.75) is 57.6 Å². The maximum Gasteiger partial charge on any atom is 0.193 e. The second-order valence-corrected chi connectivity index (χ2v) is 9.84. The van der Waals surface area contributed by atoms with Crippen LogP contribution in [-0.2, 0) is 10.8 Å². The molecule has 1 saturated heterocycles. The standard InChI is InChI=1S/C16H31N3OS/c1-15(2,3)21(20)12-10-18-14(17-4)19-11-9-16(13-19)7-5-6-8-16/h5-13H2,1-4H3,(H,17,18). The van der Waals surface area contributed by atoms with Gasteiger partial charge in [0.05, 0.1) is 0 Å². The molecule has 21 heavy (non-hydrogen) atoms. The lowest BCUT2D eigenvalue weighted by Crippen LogP contribution is -2.43. The molecular weight excluding hydrogens is 282 g/mol. The molecule has 5 heteroatoms. The molecule has 1 spiro atoms. The third-order valence-corrected chi connectivity index (χ3v) is 6.81. The molecule has 1 aliphatic heterocycles. The summed E-state index contributed by atoms with van der Waals surface area (Å²) < 4.78 is 11.9. The van der Waals surface area contributed by atoms with Crippen LogP contribution < -0.4 is 5.32 Å². The zero-order valence-corrected chi connectivity index (χ0v) is 14.9. The van der Waals surface area contributed by atoms with Gasteiger partial charge in [0.2, 0.25) is 0 Å². The monoisotopic (exact) mass is 313 g/mol. The molecule has 4 nitrogen and oxygen atoms in total. The fourth-order valence-corrected chi connectivity index (χ4v) is 4.44. The van der Waals surface area contributed by atoms with Crippen molar-refractivity contribution in [1.29, 1.82) is 0 Å². The number of hydrogen-bond donors (Lipinski definition) is 1. The van der Waals surface area contributed by atoms with E-state index < -0.39 is 10.8 Å². The first kappa shape index (κ1) is 16.8. The third kappa shape index (κ3) is 4.21. The normalized spacial score (nSPS) is 23.8. The van der Waals surface area contributed by atoms with Gasteiger partial charge in [-0.2, -0.15) is 0 Å². The van der Waals surface area contributed by atoms with Gasteiger partial charge >= 0.3 is 0 Å². The summed E-state index contributed by atoms with van der Waals surface area (Å²) in [5.41, 5.74) is 0.561. The number of rotatable bonds is 3. The molecule has 1 atom stereocenters. The fraction of sp³-hybridized carbons (Fsp3) is 0.938. The maximum absolute atomic E-state index is 12.1. The van der Waals surface area contributed by atoms with Crippen LogP contribution in [0.1, 0.15) is 52.9 Å². The van der Waals surface area contributed by atoms with Crippen LogP contribution in [0.3, 0.4) is 0 Å². The van der Waals surface area contributed by atoms with Gasteiger partial charge in [0.1, 0.15) is 0 Å². The lowest BCUT2D eigenvalue weighted by Gasteiger charge is -2.26. The van der Waals surface area contributed by atoms with E-state index in [4.69, 9.17) is 0 Å². The number of hydrogen-bond acceptors (Lipinski definition) is 2. The molecule has 2 rings (SSSR count). The zero-order valence-electron chi connectivity index (χ0n) is 14.1. The van der Waals surface area contributed by atoms with Crippen LogP contribution in [0, 0.1) is 5.41 Å². The molecule has 1 unspecified atom stereocenters. The molecule has 1 heterocycles. The summed E-state index contributed by atoms with van der Waals surface area (Å²) in [6.07, 6.45) is 6.86. The predicted octanol–water partition coefficient (Wildman–Crippen LogP) is 2.38. The van der Waals surface area contributed by atoms with Crippen molar-refractivity contribution in [3.63, 3.8) is 0 Å². The molecule has 0 aromatic carbocycles. The van der Waals surface area contributed by atoms with Crippen molar-refractivity contribution in [2.75, 3.05) is 32.4 Å². The minimum atomic E-state index is -0.802. The second kappa shape index (κ2) is 6.67. The Kier molecular flexibility index (Phi) is 5.33. The smallest absolute Gasteiger partial charge is 0.193 e. The van der Waals surface area contributed by atoms with Crippen molar-refractivity contribution in [2.24, 2.45) is 10.4 Å². The van der Waals surface area contributed by atoms with E-state index in [1.807, 2.05) is 27.8 Å². The van der Waals surface area contributed by atoms with E-state index in [0.717, 1.165) is 25.6 Å². The Hall–Kier alpha value is -0.580. The Bertz CT molecular complexity index is 408. The van der Waals surface area contributed by atoms with Gasteiger partial charge in [-0.25, -0.2) is 0 Å². The van der Waals surface area contributed by atoms with E-state index in [1.165, 1.54) is 32.1 Å². The Morgan fingerprint density at radius 3 is 2.52 bits per heavy atom. The molecular formula is C16H31N3OS. The maximum atomic E-state index is 12.1. The van der Waals surface area contributed by atoms with Crippen molar-refractivity contribution < 1.29 is 4.21 Å². The van der Waals surface area contributed by atoms with E-state index in [9.17, 15) is 4.21 Å². The summed E-state index contributed by atoms with van der Waals surface area (Å²) >= 11 is 0. The fourth-order valence-electron chi connectivity index (χ4n) is 3.54. The SMILES string of the molecule is CN=C(NCCS(=O)C(C)(C)C)N1CCC2(CCCC2)C1. The summed E-state index contributed by atoms with van der Waals surface area (Å²) in [7, 11) is 1.05. The second-order valence-electron chi connectivity index (χ2n) is 7.51. The molecule has 0 aromatic heterocycles. The van der Waals surface area contributed by atoms with Crippen molar-refractivity contribution >= 4 is 16.8 Å². The number of nitrogens with zero attached hydrogens (tertiary/aromatic N) is 2. The first-order valence-corrected chi connectivity index (χ1v) is 9.52. The predicted molar refractivity (Wildman–Crippen MR) is 91.2 cm³/mol. The number of nitrogens with one attached hydrogen (secondary N) is 1. The summed E-state index contributed by atoms with van der Waals surface area (Å²) in [6, 6.07) is 0. The topological polar surface area (TPSA) is 44.7 Å². The highest BCUT2D eigenvalue weighted by Gasteiger charge is 2.41.